The number of nitrogens with one attached hydrogen (secondary N) is 1. The summed E-state index contributed by atoms with van der Waals surface area (Å²) in [5.41, 5.74) is 1.67. The van der Waals surface area contributed by atoms with Crippen molar-refractivity contribution in [1.29, 1.82) is 0 Å². The molecular formula is C18H15ClN2O2S2. The number of benzene rings is 2. The van der Waals surface area contributed by atoms with Crippen molar-refractivity contribution in [2.45, 2.75) is 10.1 Å². The fraction of sp³-hybridized carbons (Fsp3) is 0.111. The Kier molecular flexibility index (Phi) is 6.07. The average Bonchev–Trinajstić information content (AvgIpc) is 3.10. The number of hydrogen-bond donors (Lipinski definition) is 1. The van der Waals surface area contributed by atoms with Crippen LogP contribution in [-0.2, 0) is 4.79 Å². The van der Waals surface area contributed by atoms with Gasteiger partial charge in [-0.25, -0.2) is 4.98 Å². The smallest absolute Gasteiger partial charge is 0.256 e. The van der Waals surface area contributed by atoms with E-state index in [2.05, 4.69) is 10.3 Å². The van der Waals surface area contributed by atoms with Gasteiger partial charge in [0.2, 0.25) is 5.91 Å². The Morgan fingerprint density at radius 1 is 1.24 bits per heavy atom. The van der Waals surface area contributed by atoms with E-state index < -0.39 is 0 Å². The van der Waals surface area contributed by atoms with Gasteiger partial charge in [-0.15, -0.1) is 11.8 Å². The number of hydrogen-bond acceptors (Lipinski definition) is 5. The summed E-state index contributed by atoms with van der Waals surface area (Å²) >= 11 is 8.77. The molecule has 0 saturated heterocycles. The second-order valence-electron chi connectivity index (χ2n) is 5.07. The number of thioether (sulfide) groups is 2. The fourth-order valence-electron chi connectivity index (χ4n) is 2.10. The van der Waals surface area contributed by atoms with E-state index in [-0.39, 0.29) is 11.7 Å². The minimum absolute atomic E-state index is 0.102. The number of rotatable bonds is 6. The van der Waals surface area contributed by atoms with Crippen molar-refractivity contribution < 1.29 is 9.21 Å². The number of carbonyl (C=O) groups excluding carboxylic acids is 1. The third kappa shape index (κ3) is 5.04. The van der Waals surface area contributed by atoms with Crippen molar-refractivity contribution in [2.75, 3.05) is 17.3 Å². The van der Waals surface area contributed by atoms with E-state index in [0.29, 0.717) is 16.0 Å². The lowest BCUT2D eigenvalue weighted by atomic mass is 10.2. The molecule has 7 heteroatoms. The Hall–Kier alpha value is -1.89. The van der Waals surface area contributed by atoms with E-state index in [1.54, 1.807) is 30.1 Å². The molecule has 1 amide bonds. The van der Waals surface area contributed by atoms with Gasteiger partial charge in [0.05, 0.1) is 11.9 Å². The third-order valence-corrected chi connectivity index (χ3v) is 5.11. The Morgan fingerprint density at radius 2 is 2.04 bits per heavy atom. The molecule has 0 unspecified atom stereocenters. The van der Waals surface area contributed by atoms with Crippen LogP contribution in [0, 0.1) is 0 Å². The highest BCUT2D eigenvalue weighted by molar-refractivity contribution is 7.99. The highest BCUT2D eigenvalue weighted by atomic mass is 35.5. The van der Waals surface area contributed by atoms with Gasteiger partial charge in [0, 0.05) is 21.2 Å². The van der Waals surface area contributed by atoms with E-state index in [9.17, 15) is 4.79 Å². The molecule has 0 aliphatic rings. The van der Waals surface area contributed by atoms with Crippen LogP contribution < -0.4 is 5.32 Å². The number of nitrogens with zero attached hydrogens (tertiary/aromatic N) is 1. The summed E-state index contributed by atoms with van der Waals surface area (Å²) in [5, 5.41) is 4.00. The first-order chi connectivity index (χ1) is 12.1. The molecule has 0 bridgehead atoms. The first-order valence-electron chi connectivity index (χ1n) is 7.42. The minimum atomic E-state index is -0.102. The van der Waals surface area contributed by atoms with Gasteiger partial charge < -0.3 is 9.73 Å². The van der Waals surface area contributed by atoms with E-state index in [0.717, 1.165) is 16.1 Å². The molecule has 25 heavy (non-hydrogen) atoms. The second kappa shape index (κ2) is 8.47. The molecule has 0 fully saturated rings. The molecule has 2 aromatic carbocycles. The standard InChI is InChI=1S/C18H15ClN2O2S2/c1-24-15-4-2-3-14(9-15)21-17(22)11-25-18-20-10-16(23-18)12-5-7-13(19)8-6-12/h2-10H,11H2,1H3,(H,21,22). The molecule has 4 nitrogen and oxygen atoms in total. The third-order valence-electron chi connectivity index (χ3n) is 3.29. The van der Waals surface area contributed by atoms with Crippen LogP contribution in [0.3, 0.4) is 0 Å². The summed E-state index contributed by atoms with van der Waals surface area (Å²) in [5.74, 6) is 0.770. The average molecular weight is 391 g/mol. The van der Waals surface area contributed by atoms with E-state index >= 15 is 0 Å². The molecule has 0 spiro atoms. The number of halogens is 1. The Morgan fingerprint density at radius 3 is 2.80 bits per heavy atom. The van der Waals surface area contributed by atoms with Crippen LogP contribution in [0.2, 0.25) is 5.02 Å². The maximum atomic E-state index is 12.1. The van der Waals surface area contributed by atoms with E-state index in [1.807, 2.05) is 42.7 Å². The molecule has 1 aromatic heterocycles. The predicted molar refractivity (Wildman–Crippen MR) is 105 cm³/mol. The Bertz CT molecular complexity index is 866. The SMILES string of the molecule is CSc1cccc(NC(=O)CSc2ncc(-c3ccc(Cl)cc3)o2)c1. The summed E-state index contributed by atoms with van der Waals surface area (Å²) in [4.78, 5) is 17.4. The first kappa shape index (κ1) is 17.9. The predicted octanol–water partition coefficient (Wildman–Crippen LogP) is 5.45. The van der Waals surface area contributed by atoms with Gasteiger partial charge in [-0.2, -0.15) is 0 Å². The van der Waals surface area contributed by atoms with Crippen LogP contribution in [0.1, 0.15) is 0 Å². The largest absolute Gasteiger partial charge is 0.431 e. The number of amides is 1. The van der Waals surface area contributed by atoms with Crippen molar-refractivity contribution in [1.82, 2.24) is 4.98 Å². The number of aromatic nitrogens is 1. The molecule has 0 saturated carbocycles. The zero-order chi connectivity index (χ0) is 17.6. The van der Waals surface area contributed by atoms with Crippen molar-refractivity contribution in [3.05, 3.63) is 59.8 Å². The van der Waals surface area contributed by atoms with Crippen LogP contribution in [-0.4, -0.2) is 22.9 Å². The zero-order valence-electron chi connectivity index (χ0n) is 13.4. The molecular weight excluding hydrogens is 376 g/mol. The van der Waals surface area contributed by atoms with E-state index in [1.165, 1.54) is 11.8 Å². The lowest BCUT2D eigenvalue weighted by molar-refractivity contribution is -0.113. The number of anilines is 1. The van der Waals surface area contributed by atoms with Gasteiger partial charge in [-0.1, -0.05) is 29.4 Å². The van der Waals surface area contributed by atoms with Gasteiger partial charge in [0.1, 0.15) is 0 Å². The van der Waals surface area contributed by atoms with Gasteiger partial charge in [0.25, 0.3) is 5.22 Å². The highest BCUT2D eigenvalue weighted by Gasteiger charge is 2.10. The van der Waals surface area contributed by atoms with Crippen molar-refractivity contribution >= 4 is 46.7 Å². The molecule has 0 atom stereocenters. The van der Waals surface area contributed by atoms with Crippen LogP contribution >= 0.6 is 35.1 Å². The summed E-state index contributed by atoms with van der Waals surface area (Å²) in [6.45, 7) is 0. The summed E-state index contributed by atoms with van der Waals surface area (Å²) < 4.78 is 5.67. The molecule has 3 rings (SSSR count). The maximum Gasteiger partial charge on any atom is 0.256 e. The topological polar surface area (TPSA) is 55.1 Å². The molecule has 1 N–H and O–H groups in total. The Balaban J connectivity index is 1.56. The van der Waals surface area contributed by atoms with Crippen LogP contribution in [0.25, 0.3) is 11.3 Å². The number of oxazole rings is 1. The van der Waals surface area contributed by atoms with Crippen molar-refractivity contribution in [3.63, 3.8) is 0 Å². The van der Waals surface area contributed by atoms with Gasteiger partial charge >= 0.3 is 0 Å². The van der Waals surface area contributed by atoms with Gasteiger partial charge in [-0.05, 0) is 48.7 Å². The first-order valence-corrected chi connectivity index (χ1v) is 10.0. The fourth-order valence-corrected chi connectivity index (χ4v) is 3.29. The molecule has 128 valence electrons. The van der Waals surface area contributed by atoms with Crippen molar-refractivity contribution in [3.8, 4) is 11.3 Å². The minimum Gasteiger partial charge on any atom is -0.431 e. The van der Waals surface area contributed by atoms with Gasteiger partial charge in [0.15, 0.2) is 5.76 Å². The number of carbonyl (C=O) groups is 1. The quantitative estimate of drug-likeness (QED) is 0.567. The van der Waals surface area contributed by atoms with Gasteiger partial charge in [-0.3, -0.25) is 4.79 Å². The molecule has 0 aliphatic carbocycles. The van der Waals surface area contributed by atoms with Crippen molar-refractivity contribution in [2.24, 2.45) is 0 Å². The summed E-state index contributed by atoms with van der Waals surface area (Å²) in [6, 6.07) is 15.0. The normalized spacial score (nSPS) is 10.6. The zero-order valence-corrected chi connectivity index (χ0v) is 15.8. The van der Waals surface area contributed by atoms with Crippen LogP contribution in [0.4, 0.5) is 5.69 Å². The maximum absolute atomic E-state index is 12.1. The highest BCUT2D eigenvalue weighted by Crippen LogP contribution is 2.26. The monoisotopic (exact) mass is 390 g/mol. The lowest BCUT2D eigenvalue weighted by Crippen LogP contribution is -2.13. The molecule has 1 heterocycles. The summed E-state index contributed by atoms with van der Waals surface area (Å²) in [6.07, 6.45) is 3.64. The van der Waals surface area contributed by atoms with Crippen LogP contribution in [0.15, 0.2) is 69.3 Å². The summed E-state index contributed by atoms with van der Waals surface area (Å²) in [7, 11) is 0. The van der Waals surface area contributed by atoms with Crippen LogP contribution in [0.5, 0.6) is 0 Å². The lowest BCUT2D eigenvalue weighted by Gasteiger charge is -2.05. The Labute approximate surface area is 159 Å². The molecule has 0 aliphatic heterocycles. The van der Waals surface area contributed by atoms with E-state index in [4.69, 9.17) is 16.0 Å². The molecule has 0 radical (unpaired) electrons. The molecule has 3 aromatic rings. The second-order valence-corrected chi connectivity index (χ2v) is 7.31.